The van der Waals surface area contributed by atoms with Crippen LogP contribution < -0.4 is 10.6 Å². The van der Waals surface area contributed by atoms with Gasteiger partial charge in [-0.25, -0.2) is 0 Å². The minimum atomic E-state index is -0.214. The van der Waals surface area contributed by atoms with Gasteiger partial charge in [-0.15, -0.1) is 0 Å². The maximum Gasteiger partial charge on any atom is 0.230 e. The van der Waals surface area contributed by atoms with E-state index >= 15 is 0 Å². The predicted molar refractivity (Wildman–Crippen MR) is 80.8 cm³/mol. The molecular formula is C15H26N4O. The van der Waals surface area contributed by atoms with Gasteiger partial charge < -0.3 is 10.6 Å². The van der Waals surface area contributed by atoms with Crippen LogP contribution >= 0.6 is 0 Å². The minimum Gasteiger partial charge on any atom is -0.322 e. The van der Waals surface area contributed by atoms with Crippen molar-refractivity contribution in [2.45, 2.75) is 46.5 Å². The molecule has 5 heteroatoms. The van der Waals surface area contributed by atoms with Crippen LogP contribution in [0.4, 0.5) is 5.69 Å². The van der Waals surface area contributed by atoms with E-state index in [1.54, 1.807) is 0 Å². The molecule has 0 atom stereocenters. The zero-order chi connectivity index (χ0) is 14.8. The van der Waals surface area contributed by atoms with Gasteiger partial charge in [0.25, 0.3) is 0 Å². The van der Waals surface area contributed by atoms with Gasteiger partial charge in [-0.05, 0) is 46.2 Å². The van der Waals surface area contributed by atoms with E-state index in [9.17, 15) is 4.79 Å². The smallest absolute Gasteiger partial charge is 0.230 e. The van der Waals surface area contributed by atoms with E-state index in [1.807, 2.05) is 25.6 Å². The van der Waals surface area contributed by atoms with E-state index in [-0.39, 0.29) is 11.3 Å². The molecule has 1 aliphatic heterocycles. The SMILES string of the molecule is CCCC1(C(=O)Nc2c(C)nn(C)c2C)CCNCC1. The van der Waals surface area contributed by atoms with E-state index < -0.39 is 0 Å². The van der Waals surface area contributed by atoms with Gasteiger partial charge in [0.05, 0.1) is 22.5 Å². The molecular weight excluding hydrogens is 252 g/mol. The van der Waals surface area contributed by atoms with E-state index in [0.717, 1.165) is 55.8 Å². The second-order valence-corrected chi connectivity index (χ2v) is 5.90. The molecule has 2 heterocycles. The molecule has 2 rings (SSSR count). The number of piperidine rings is 1. The number of amides is 1. The minimum absolute atomic E-state index is 0.167. The summed E-state index contributed by atoms with van der Waals surface area (Å²) in [5, 5.41) is 10.9. The molecule has 112 valence electrons. The van der Waals surface area contributed by atoms with Crippen LogP contribution in [0.25, 0.3) is 0 Å². The standard InChI is InChI=1S/C15H26N4O/c1-5-6-15(7-9-16-10-8-15)14(20)17-13-11(2)18-19(4)12(13)3/h16H,5-10H2,1-4H3,(H,17,20). The number of rotatable bonds is 4. The summed E-state index contributed by atoms with van der Waals surface area (Å²) >= 11 is 0. The Bertz CT molecular complexity index is 481. The number of hydrogen-bond donors (Lipinski definition) is 2. The van der Waals surface area contributed by atoms with Crippen molar-refractivity contribution < 1.29 is 4.79 Å². The summed E-state index contributed by atoms with van der Waals surface area (Å²) in [5.41, 5.74) is 2.57. The Morgan fingerprint density at radius 2 is 2.05 bits per heavy atom. The van der Waals surface area contributed by atoms with Crippen LogP contribution in [-0.4, -0.2) is 28.8 Å². The lowest BCUT2D eigenvalue weighted by Crippen LogP contribution is -2.45. The van der Waals surface area contributed by atoms with Crippen LogP contribution in [0, 0.1) is 19.3 Å². The number of nitrogens with one attached hydrogen (secondary N) is 2. The first kappa shape index (κ1) is 15.0. The van der Waals surface area contributed by atoms with Gasteiger partial charge in [-0.1, -0.05) is 13.3 Å². The Hall–Kier alpha value is -1.36. The lowest BCUT2D eigenvalue weighted by molar-refractivity contribution is -0.127. The number of aryl methyl sites for hydroxylation is 2. The number of hydrogen-bond acceptors (Lipinski definition) is 3. The largest absolute Gasteiger partial charge is 0.322 e. The van der Waals surface area contributed by atoms with Crippen LogP contribution in [-0.2, 0) is 11.8 Å². The van der Waals surface area contributed by atoms with Gasteiger partial charge >= 0.3 is 0 Å². The Morgan fingerprint density at radius 3 is 2.55 bits per heavy atom. The van der Waals surface area contributed by atoms with Crippen LogP contribution in [0.5, 0.6) is 0 Å². The lowest BCUT2D eigenvalue weighted by atomic mass is 9.74. The molecule has 0 unspecified atom stereocenters. The monoisotopic (exact) mass is 278 g/mol. The molecule has 1 aromatic heterocycles. The molecule has 0 bridgehead atoms. The summed E-state index contributed by atoms with van der Waals surface area (Å²) < 4.78 is 1.82. The van der Waals surface area contributed by atoms with E-state index in [0.29, 0.717) is 0 Å². The third-order valence-electron chi connectivity index (χ3n) is 4.52. The van der Waals surface area contributed by atoms with Crippen LogP contribution in [0.1, 0.15) is 44.0 Å². The van der Waals surface area contributed by atoms with Crippen molar-refractivity contribution in [3.05, 3.63) is 11.4 Å². The summed E-state index contributed by atoms with van der Waals surface area (Å²) in [5.74, 6) is 0.167. The molecule has 2 N–H and O–H groups in total. The first-order valence-corrected chi connectivity index (χ1v) is 7.52. The van der Waals surface area contributed by atoms with Crippen molar-refractivity contribution in [3.8, 4) is 0 Å². The number of aromatic nitrogens is 2. The maximum atomic E-state index is 12.8. The van der Waals surface area contributed by atoms with Crippen molar-refractivity contribution >= 4 is 11.6 Å². The van der Waals surface area contributed by atoms with E-state index in [4.69, 9.17) is 0 Å². The molecule has 0 radical (unpaired) electrons. The quantitative estimate of drug-likeness (QED) is 0.887. The number of anilines is 1. The first-order chi connectivity index (χ1) is 9.50. The molecule has 1 saturated heterocycles. The van der Waals surface area contributed by atoms with Gasteiger partial charge in [-0.3, -0.25) is 9.48 Å². The molecule has 1 amide bonds. The first-order valence-electron chi connectivity index (χ1n) is 7.52. The number of carbonyl (C=O) groups is 1. The van der Waals surface area contributed by atoms with Crippen molar-refractivity contribution in [2.75, 3.05) is 18.4 Å². The van der Waals surface area contributed by atoms with Crippen LogP contribution in [0.15, 0.2) is 0 Å². The van der Waals surface area contributed by atoms with Crippen molar-refractivity contribution in [2.24, 2.45) is 12.5 Å². The fourth-order valence-corrected chi connectivity index (χ4v) is 3.18. The highest BCUT2D eigenvalue weighted by Gasteiger charge is 2.39. The molecule has 0 aliphatic carbocycles. The molecule has 5 nitrogen and oxygen atoms in total. The fourth-order valence-electron chi connectivity index (χ4n) is 3.18. The molecule has 1 aliphatic rings. The zero-order valence-electron chi connectivity index (χ0n) is 13.0. The fraction of sp³-hybridized carbons (Fsp3) is 0.733. The second-order valence-electron chi connectivity index (χ2n) is 5.90. The normalized spacial score (nSPS) is 18.0. The van der Waals surface area contributed by atoms with Gasteiger partial charge in [0.2, 0.25) is 5.91 Å². The van der Waals surface area contributed by atoms with Gasteiger partial charge in [0, 0.05) is 7.05 Å². The Kier molecular flexibility index (Phi) is 4.48. The van der Waals surface area contributed by atoms with Gasteiger partial charge in [0.1, 0.15) is 0 Å². The number of nitrogens with zero attached hydrogens (tertiary/aromatic N) is 2. The van der Waals surface area contributed by atoms with Crippen LogP contribution in [0.3, 0.4) is 0 Å². The highest BCUT2D eigenvalue weighted by atomic mass is 16.2. The van der Waals surface area contributed by atoms with Gasteiger partial charge in [0.15, 0.2) is 0 Å². The summed E-state index contributed by atoms with van der Waals surface area (Å²) in [7, 11) is 1.91. The van der Waals surface area contributed by atoms with E-state index in [2.05, 4.69) is 22.7 Å². The maximum absolute atomic E-state index is 12.8. The molecule has 0 aromatic carbocycles. The lowest BCUT2D eigenvalue weighted by Gasteiger charge is -2.36. The third-order valence-corrected chi connectivity index (χ3v) is 4.52. The van der Waals surface area contributed by atoms with Gasteiger partial charge in [-0.2, -0.15) is 5.10 Å². The Balaban J connectivity index is 2.20. The predicted octanol–water partition coefficient (Wildman–Crippen LogP) is 2.15. The average Bonchev–Trinajstić information content (AvgIpc) is 2.67. The Morgan fingerprint density at radius 1 is 1.40 bits per heavy atom. The molecule has 0 spiro atoms. The average molecular weight is 278 g/mol. The Labute approximate surface area is 121 Å². The zero-order valence-corrected chi connectivity index (χ0v) is 13.0. The highest BCUT2D eigenvalue weighted by Crippen LogP contribution is 2.36. The second kappa shape index (κ2) is 5.95. The summed E-state index contributed by atoms with van der Waals surface area (Å²) in [6, 6.07) is 0. The molecule has 1 fully saturated rings. The van der Waals surface area contributed by atoms with E-state index in [1.165, 1.54) is 0 Å². The topological polar surface area (TPSA) is 59.0 Å². The third kappa shape index (κ3) is 2.73. The number of carbonyl (C=O) groups excluding carboxylic acids is 1. The summed E-state index contributed by atoms with van der Waals surface area (Å²) in [6.45, 7) is 7.94. The summed E-state index contributed by atoms with van der Waals surface area (Å²) in [4.78, 5) is 12.8. The molecule has 0 saturated carbocycles. The van der Waals surface area contributed by atoms with Crippen LogP contribution in [0.2, 0.25) is 0 Å². The van der Waals surface area contributed by atoms with Crippen molar-refractivity contribution in [1.29, 1.82) is 0 Å². The summed E-state index contributed by atoms with van der Waals surface area (Å²) in [6.07, 6.45) is 3.84. The molecule has 1 aromatic rings. The van der Waals surface area contributed by atoms with Crippen molar-refractivity contribution in [3.63, 3.8) is 0 Å². The highest BCUT2D eigenvalue weighted by molar-refractivity contribution is 5.96. The molecule has 20 heavy (non-hydrogen) atoms. The van der Waals surface area contributed by atoms with Crippen molar-refractivity contribution in [1.82, 2.24) is 15.1 Å².